The highest BCUT2D eigenvalue weighted by Crippen LogP contribution is 2.21. The van der Waals surface area contributed by atoms with Crippen LogP contribution in [-0.2, 0) is 14.3 Å². The number of hydrogen-bond acceptors (Lipinski definition) is 4. The summed E-state index contributed by atoms with van der Waals surface area (Å²) in [6.45, 7) is 0.833. The van der Waals surface area contributed by atoms with Gasteiger partial charge in [-0.2, -0.15) is 0 Å². The lowest BCUT2D eigenvalue weighted by molar-refractivity contribution is -0.124. The summed E-state index contributed by atoms with van der Waals surface area (Å²) in [6.07, 6.45) is 2.01. The molecule has 5 nitrogen and oxygen atoms in total. The molecule has 7 heteroatoms. The van der Waals surface area contributed by atoms with Crippen LogP contribution in [0.25, 0.3) is 0 Å². The molecule has 114 valence electrons. The quantitative estimate of drug-likeness (QED) is 0.802. The standard InChI is InChI=1S/C14H15BrClNO4/c15-9-3-4-12(16)11(6-9)14(19)21-8-13(18)17-7-10-2-1-5-20-10/h3-4,6,10H,1-2,5,7-8H2,(H,17,18)/t10-/m1/s1. The van der Waals surface area contributed by atoms with Gasteiger partial charge in [0, 0.05) is 17.6 Å². The minimum Gasteiger partial charge on any atom is -0.452 e. The van der Waals surface area contributed by atoms with Gasteiger partial charge >= 0.3 is 5.97 Å². The van der Waals surface area contributed by atoms with Crippen molar-refractivity contribution in [2.75, 3.05) is 19.8 Å². The number of halogens is 2. The van der Waals surface area contributed by atoms with Crippen LogP contribution in [0, 0.1) is 0 Å². The predicted octanol–water partition coefficient (Wildman–Crippen LogP) is 2.55. The highest BCUT2D eigenvalue weighted by atomic mass is 79.9. The van der Waals surface area contributed by atoms with E-state index in [0.29, 0.717) is 11.0 Å². The van der Waals surface area contributed by atoms with E-state index in [9.17, 15) is 9.59 Å². The monoisotopic (exact) mass is 375 g/mol. The lowest BCUT2D eigenvalue weighted by Crippen LogP contribution is -2.34. The molecule has 0 unspecified atom stereocenters. The first kappa shape index (κ1) is 16.3. The molecule has 1 fully saturated rings. The minimum absolute atomic E-state index is 0.0594. The molecule has 1 aromatic carbocycles. The number of rotatable bonds is 5. The normalized spacial score (nSPS) is 17.5. The van der Waals surface area contributed by atoms with Crippen molar-refractivity contribution in [2.24, 2.45) is 0 Å². The van der Waals surface area contributed by atoms with Gasteiger partial charge in [0.1, 0.15) is 0 Å². The third kappa shape index (κ3) is 4.98. The fourth-order valence-corrected chi connectivity index (χ4v) is 2.50. The molecule has 0 saturated carbocycles. The number of ether oxygens (including phenoxy) is 2. The van der Waals surface area contributed by atoms with Crippen LogP contribution in [-0.4, -0.2) is 37.7 Å². The van der Waals surface area contributed by atoms with E-state index >= 15 is 0 Å². The van der Waals surface area contributed by atoms with E-state index in [1.165, 1.54) is 0 Å². The number of benzene rings is 1. The van der Waals surface area contributed by atoms with Gasteiger partial charge in [0.15, 0.2) is 6.61 Å². The van der Waals surface area contributed by atoms with Crippen LogP contribution in [0.15, 0.2) is 22.7 Å². The fourth-order valence-electron chi connectivity index (χ4n) is 1.95. The number of carbonyl (C=O) groups excluding carboxylic acids is 2. The third-order valence-corrected chi connectivity index (χ3v) is 3.86. The van der Waals surface area contributed by atoms with Crippen LogP contribution < -0.4 is 5.32 Å². The average molecular weight is 377 g/mol. The van der Waals surface area contributed by atoms with Crippen molar-refractivity contribution >= 4 is 39.4 Å². The Balaban J connectivity index is 1.77. The molecule has 1 amide bonds. The Morgan fingerprint density at radius 3 is 3.00 bits per heavy atom. The van der Waals surface area contributed by atoms with Gasteiger partial charge in [0.05, 0.1) is 16.7 Å². The average Bonchev–Trinajstić information content (AvgIpc) is 2.98. The second-order valence-corrected chi connectivity index (χ2v) is 5.96. The van der Waals surface area contributed by atoms with Gasteiger partial charge in [-0.05, 0) is 31.0 Å². The molecular formula is C14H15BrClNO4. The van der Waals surface area contributed by atoms with E-state index in [-0.39, 0.29) is 29.2 Å². The highest BCUT2D eigenvalue weighted by molar-refractivity contribution is 9.10. The molecule has 1 aliphatic heterocycles. The van der Waals surface area contributed by atoms with Crippen molar-refractivity contribution in [3.8, 4) is 0 Å². The van der Waals surface area contributed by atoms with Crippen LogP contribution in [0.3, 0.4) is 0 Å². The first-order chi connectivity index (χ1) is 10.1. The van der Waals surface area contributed by atoms with Gasteiger partial charge < -0.3 is 14.8 Å². The summed E-state index contributed by atoms with van der Waals surface area (Å²) < 4.78 is 11.0. The SMILES string of the molecule is O=C(COC(=O)c1cc(Br)ccc1Cl)NC[C@H]1CCCO1. The Kier molecular flexibility index (Phi) is 6.02. The lowest BCUT2D eigenvalue weighted by atomic mass is 10.2. The van der Waals surface area contributed by atoms with Gasteiger partial charge in [-0.15, -0.1) is 0 Å². The van der Waals surface area contributed by atoms with Gasteiger partial charge in [-0.1, -0.05) is 27.5 Å². The Morgan fingerprint density at radius 2 is 2.29 bits per heavy atom. The summed E-state index contributed by atoms with van der Waals surface area (Å²) >= 11 is 9.16. The van der Waals surface area contributed by atoms with Crippen LogP contribution in [0.1, 0.15) is 23.2 Å². The zero-order valence-electron chi connectivity index (χ0n) is 11.2. The molecular weight excluding hydrogens is 362 g/mol. The largest absolute Gasteiger partial charge is 0.452 e. The first-order valence-corrected chi connectivity index (χ1v) is 7.74. The van der Waals surface area contributed by atoms with E-state index < -0.39 is 5.97 Å². The molecule has 0 radical (unpaired) electrons. The molecule has 1 heterocycles. The molecule has 21 heavy (non-hydrogen) atoms. The van der Waals surface area contributed by atoms with Gasteiger partial charge in [-0.25, -0.2) is 4.79 Å². The third-order valence-electron chi connectivity index (χ3n) is 3.03. The molecule has 1 atom stereocenters. The lowest BCUT2D eigenvalue weighted by Gasteiger charge is -2.11. The number of nitrogens with one attached hydrogen (secondary N) is 1. The van der Waals surface area contributed by atoms with Crippen LogP contribution in [0.2, 0.25) is 5.02 Å². The maximum atomic E-state index is 11.9. The topological polar surface area (TPSA) is 64.6 Å². The predicted molar refractivity (Wildman–Crippen MR) is 81.4 cm³/mol. The summed E-state index contributed by atoms with van der Waals surface area (Å²) in [5.74, 6) is -0.987. The highest BCUT2D eigenvalue weighted by Gasteiger charge is 2.17. The van der Waals surface area contributed by atoms with Gasteiger partial charge in [0.25, 0.3) is 5.91 Å². The summed E-state index contributed by atoms with van der Waals surface area (Å²) in [5.41, 5.74) is 0.220. The maximum Gasteiger partial charge on any atom is 0.340 e. The summed E-state index contributed by atoms with van der Waals surface area (Å²) in [4.78, 5) is 23.5. The zero-order valence-corrected chi connectivity index (χ0v) is 13.6. The van der Waals surface area contributed by atoms with Crippen molar-refractivity contribution in [1.82, 2.24) is 5.32 Å². The van der Waals surface area contributed by atoms with Crippen molar-refractivity contribution in [3.05, 3.63) is 33.3 Å². The molecule has 0 spiro atoms. The Hall–Kier alpha value is -1.11. The summed E-state index contributed by atoms with van der Waals surface area (Å²) in [7, 11) is 0. The number of hydrogen-bond donors (Lipinski definition) is 1. The van der Waals surface area contributed by atoms with E-state index in [1.54, 1.807) is 18.2 Å². The number of esters is 1. The van der Waals surface area contributed by atoms with E-state index in [0.717, 1.165) is 19.4 Å². The molecule has 0 bridgehead atoms. The van der Waals surface area contributed by atoms with Crippen molar-refractivity contribution < 1.29 is 19.1 Å². The zero-order chi connectivity index (χ0) is 15.2. The first-order valence-electron chi connectivity index (χ1n) is 6.57. The van der Waals surface area contributed by atoms with Gasteiger partial charge in [0.2, 0.25) is 0 Å². The molecule has 1 aliphatic rings. The van der Waals surface area contributed by atoms with Crippen LogP contribution >= 0.6 is 27.5 Å². The fraction of sp³-hybridized carbons (Fsp3) is 0.429. The number of amides is 1. The molecule has 2 rings (SSSR count). The van der Waals surface area contributed by atoms with Crippen LogP contribution in [0.4, 0.5) is 0 Å². The molecule has 1 N–H and O–H groups in total. The molecule has 1 saturated heterocycles. The van der Waals surface area contributed by atoms with Crippen molar-refractivity contribution in [2.45, 2.75) is 18.9 Å². The minimum atomic E-state index is -0.631. The van der Waals surface area contributed by atoms with Gasteiger partial charge in [-0.3, -0.25) is 4.79 Å². The maximum absolute atomic E-state index is 11.9. The van der Waals surface area contributed by atoms with E-state index in [4.69, 9.17) is 21.1 Å². The van der Waals surface area contributed by atoms with Crippen molar-refractivity contribution in [1.29, 1.82) is 0 Å². The van der Waals surface area contributed by atoms with Crippen molar-refractivity contribution in [3.63, 3.8) is 0 Å². The van der Waals surface area contributed by atoms with E-state index in [2.05, 4.69) is 21.2 Å². The molecule has 0 aromatic heterocycles. The molecule has 0 aliphatic carbocycles. The van der Waals surface area contributed by atoms with Crippen LogP contribution in [0.5, 0.6) is 0 Å². The van der Waals surface area contributed by atoms with E-state index in [1.807, 2.05) is 0 Å². The summed E-state index contributed by atoms with van der Waals surface area (Å²) in [5, 5.41) is 2.95. The smallest absolute Gasteiger partial charge is 0.340 e. The number of carbonyl (C=O) groups is 2. The Morgan fingerprint density at radius 1 is 1.48 bits per heavy atom. The molecule has 1 aromatic rings. The second kappa shape index (κ2) is 7.77. The summed E-state index contributed by atoms with van der Waals surface area (Å²) in [6, 6.07) is 4.85. The second-order valence-electron chi connectivity index (χ2n) is 4.64. The Labute approximate surface area is 136 Å². The Bertz CT molecular complexity index is 532.